The normalized spacial score (nSPS) is 14.0. The largest absolute Gasteiger partial charge is 0.452 e. The molecule has 0 saturated heterocycles. The maximum atomic E-state index is 12.8. The van der Waals surface area contributed by atoms with Gasteiger partial charge in [0.2, 0.25) is 0 Å². The first-order valence-electron chi connectivity index (χ1n) is 9.19. The summed E-state index contributed by atoms with van der Waals surface area (Å²) in [6, 6.07) is 21.7. The molecule has 1 heterocycles. The fourth-order valence-electron chi connectivity index (χ4n) is 3.68. The van der Waals surface area contributed by atoms with Crippen LogP contribution in [0.5, 0.6) is 0 Å². The highest BCUT2D eigenvalue weighted by atomic mass is 16.5. The van der Waals surface area contributed by atoms with Gasteiger partial charge in [-0.3, -0.25) is 9.59 Å². The molecular weight excluding hydrogens is 338 g/mol. The highest BCUT2D eigenvalue weighted by Gasteiger charge is 2.29. The van der Waals surface area contributed by atoms with Crippen molar-refractivity contribution in [1.29, 1.82) is 0 Å². The Kier molecular flexibility index (Phi) is 4.63. The molecule has 3 aromatic carbocycles. The summed E-state index contributed by atoms with van der Waals surface area (Å²) in [6.07, 6.45) is 0.173. The van der Waals surface area contributed by atoms with Gasteiger partial charge < -0.3 is 9.64 Å². The van der Waals surface area contributed by atoms with Gasteiger partial charge in [0.15, 0.2) is 6.10 Å². The molecular formula is C23H21NO3. The van der Waals surface area contributed by atoms with Crippen molar-refractivity contribution < 1.29 is 14.3 Å². The number of hydrogen-bond donors (Lipinski definition) is 0. The van der Waals surface area contributed by atoms with Gasteiger partial charge >= 0.3 is 5.97 Å². The maximum Gasteiger partial charge on any atom is 0.311 e. The minimum atomic E-state index is -0.807. The van der Waals surface area contributed by atoms with Crippen LogP contribution in [0.1, 0.15) is 18.1 Å². The lowest BCUT2D eigenvalue weighted by molar-refractivity contribution is -0.153. The summed E-state index contributed by atoms with van der Waals surface area (Å²) in [7, 11) is 0. The summed E-state index contributed by atoms with van der Waals surface area (Å²) in [5.74, 6) is -0.564. The summed E-state index contributed by atoms with van der Waals surface area (Å²) in [4.78, 5) is 26.9. The monoisotopic (exact) mass is 359 g/mol. The summed E-state index contributed by atoms with van der Waals surface area (Å²) < 4.78 is 5.46. The molecule has 1 aliphatic heterocycles. The van der Waals surface area contributed by atoms with E-state index in [1.807, 2.05) is 66.7 Å². The molecule has 0 fully saturated rings. The Morgan fingerprint density at radius 1 is 1.00 bits per heavy atom. The average Bonchev–Trinajstić information content (AvgIpc) is 3.11. The van der Waals surface area contributed by atoms with Crippen LogP contribution in [0.4, 0.5) is 5.69 Å². The maximum absolute atomic E-state index is 12.8. The van der Waals surface area contributed by atoms with Gasteiger partial charge in [0.05, 0.1) is 6.42 Å². The summed E-state index contributed by atoms with van der Waals surface area (Å²) in [6.45, 7) is 2.27. The first-order valence-corrected chi connectivity index (χ1v) is 9.19. The zero-order chi connectivity index (χ0) is 18.8. The zero-order valence-electron chi connectivity index (χ0n) is 15.2. The number of anilines is 1. The van der Waals surface area contributed by atoms with E-state index in [1.54, 1.807) is 11.8 Å². The van der Waals surface area contributed by atoms with Crippen molar-refractivity contribution in [2.24, 2.45) is 0 Å². The second-order valence-electron chi connectivity index (χ2n) is 6.82. The molecule has 0 saturated carbocycles. The SMILES string of the molecule is C[C@@H](OC(=O)Cc1cccc2ccccc12)C(=O)N1CCc2ccccc21. The fraction of sp³-hybridized carbons (Fsp3) is 0.217. The van der Waals surface area contributed by atoms with Gasteiger partial charge in [-0.2, -0.15) is 0 Å². The van der Waals surface area contributed by atoms with Gasteiger partial charge in [0.1, 0.15) is 0 Å². The molecule has 0 unspecified atom stereocenters. The number of amides is 1. The predicted octanol–water partition coefficient (Wildman–Crippen LogP) is 3.90. The number of hydrogen-bond acceptors (Lipinski definition) is 3. The van der Waals surface area contributed by atoms with Gasteiger partial charge in [0.25, 0.3) is 5.91 Å². The van der Waals surface area contributed by atoms with Crippen LogP contribution in [0.15, 0.2) is 66.7 Å². The summed E-state index contributed by atoms with van der Waals surface area (Å²) in [5.41, 5.74) is 2.98. The van der Waals surface area contributed by atoms with Gasteiger partial charge in [-0.15, -0.1) is 0 Å². The highest BCUT2D eigenvalue weighted by molar-refractivity contribution is 5.99. The number of para-hydroxylation sites is 1. The Bertz CT molecular complexity index is 1010. The van der Waals surface area contributed by atoms with Gasteiger partial charge in [-0.25, -0.2) is 0 Å². The molecule has 0 aliphatic carbocycles. The molecule has 27 heavy (non-hydrogen) atoms. The molecule has 1 aliphatic rings. The topological polar surface area (TPSA) is 46.6 Å². The van der Waals surface area contributed by atoms with E-state index >= 15 is 0 Å². The van der Waals surface area contributed by atoms with Crippen LogP contribution in [0, 0.1) is 0 Å². The second kappa shape index (κ2) is 7.23. The van der Waals surface area contributed by atoms with Gasteiger partial charge in [-0.05, 0) is 41.3 Å². The minimum absolute atomic E-state index is 0.148. The quantitative estimate of drug-likeness (QED) is 0.664. The first kappa shape index (κ1) is 17.3. The van der Waals surface area contributed by atoms with Crippen LogP contribution in [-0.2, 0) is 27.2 Å². The molecule has 3 aromatic rings. The van der Waals surface area contributed by atoms with Crippen molar-refractivity contribution in [2.45, 2.75) is 25.9 Å². The third-order valence-electron chi connectivity index (χ3n) is 5.02. The number of rotatable bonds is 4. The standard InChI is InChI=1S/C23H21NO3/c1-16(23(26)24-14-13-18-8-3-5-12-21(18)24)27-22(25)15-19-10-6-9-17-7-2-4-11-20(17)19/h2-12,16H,13-15H2,1H3/t16-/m1/s1. The van der Waals surface area contributed by atoms with Crippen LogP contribution in [-0.4, -0.2) is 24.5 Å². The van der Waals surface area contributed by atoms with E-state index in [0.717, 1.165) is 34.0 Å². The van der Waals surface area contributed by atoms with Gasteiger partial charge in [-0.1, -0.05) is 60.7 Å². The van der Waals surface area contributed by atoms with E-state index in [-0.39, 0.29) is 18.3 Å². The number of ether oxygens (including phenoxy) is 1. The minimum Gasteiger partial charge on any atom is -0.452 e. The van der Waals surface area contributed by atoms with Crippen molar-refractivity contribution in [1.82, 2.24) is 0 Å². The van der Waals surface area contributed by atoms with E-state index in [0.29, 0.717) is 6.54 Å². The van der Waals surface area contributed by atoms with Crippen LogP contribution in [0.3, 0.4) is 0 Å². The lowest BCUT2D eigenvalue weighted by Gasteiger charge is -2.21. The van der Waals surface area contributed by atoms with Crippen molar-refractivity contribution in [3.8, 4) is 0 Å². The van der Waals surface area contributed by atoms with E-state index in [2.05, 4.69) is 0 Å². The molecule has 4 nitrogen and oxygen atoms in total. The number of benzene rings is 3. The molecule has 0 aromatic heterocycles. The molecule has 136 valence electrons. The smallest absolute Gasteiger partial charge is 0.311 e. The van der Waals surface area contributed by atoms with Crippen LogP contribution >= 0.6 is 0 Å². The Balaban J connectivity index is 1.44. The van der Waals surface area contributed by atoms with Crippen LogP contribution < -0.4 is 4.90 Å². The van der Waals surface area contributed by atoms with Crippen molar-refractivity contribution in [3.05, 3.63) is 77.9 Å². The lowest BCUT2D eigenvalue weighted by atomic mass is 10.0. The molecule has 0 radical (unpaired) electrons. The molecule has 0 spiro atoms. The summed E-state index contributed by atoms with van der Waals surface area (Å²) >= 11 is 0. The lowest BCUT2D eigenvalue weighted by Crippen LogP contribution is -2.39. The number of carbonyl (C=O) groups is 2. The number of nitrogens with zero attached hydrogens (tertiary/aromatic N) is 1. The molecule has 4 rings (SSSR count). The third kappa shape index (κ3) is 3.43. The number of esters is 1. The molecule has 0 bridgehead atoms. The molecule has 0 N–H and O–H groups in total. The van der Waals surface area contributed by atoms with Crippen LogP contribution in [0.2, 0.25) is 0 Å². The van der Waals surface area contributed by atoms with E-state index in [9.17, 15) is 9.59 Å². The van der Waals surface area contributed by atoms with Crippen molar-refractivity contribution in [2.75, 3.05) is 11.4 Å². The Morgan fingerprint density at radius 2 is 1.74 bits per heavy atom. The molecule has 4 heteroatoms. The predicted molar refractivity (Wildman–Crippen MR) is 106 cm³/mol. The van der Waals surface area contributed by atoms with Crippen molar-refractivity contribution in [3.63, 3.8) is 0 Å². The molecule has 1 atom stereocenters. The van der Waals surface area contributed by atoms with E-state index in [4.69, 9.17) is 4.74 Å². The fourth-order valence-corrected chi connectivity index (χ4v) is 3.68. The number of fused-ring (bicyclic) bond motifs is 2. The second-order valence-corrected chi connectivity index (χ2v) is 6.82. The van der Waals surface area contributed by atoms with E-state index < -0.39 is 6.10 Å². The Labute approximate surface area is 158 Å². The molecule has 1 amide bonds. The third-order valence-corrected chi connectivity index (χ3v) is 5.02. The Morgan fingerprint density at radius 3 is 2.63 bits per heavy atom. The average molecular weight is 359 g/mol. The van der Waals surface area contributed by atoms with Gasteiger partial charge in [0, 0.05) is 12.2 Å². The summed E-state index contributed by atoms with van der Waals surface area (Å²) in [5, 5.41) is 2.12. The Hall–Kier alpha value is -3.14. The highest BCUT2D eigenvalue weighted by Crippen LogP contribution is 2.28. The zero-order valence-corrected chi connectivity index (χ0v) is 15.2. The first-order chi connectivity index (χ1) is 13.1. The van der Waals surface area contributed by atoms with Crippen molar-refractivity contribution >= 4 is 28.3 Å². The van der Waals surface area contributed by atoms with E-state index in [1.165, 1.54) is 0 Å². The van der Waals surface area contributed by atoms with Crippen LogP contribution in [0.25, 0.3) is 10.8 Å². The number of carbonyl (C=O) groups excluding carboxylic acids is 2.